The number of amides is 2. The number of nitrogens with one attached hydrogen (secondary N) is 2. The number of anilines is 1. The summed E-state index contributed by atoms with van der Waals surface area (Å²) in [4.78, 5) is 25.0. The van der Waals surface area contributed by atoms with Crippen molar-refractivity contribution in [1.82, 2.24) is 30.0 Å². The van der Waals surface area contributed by atoms with Gasteiger partial charge < -0.3 is 5.32 Å². The van der Waals surface area contributed by atoms with E-state index in [1.165, 1.54) is 24.2 Å². The van der Waals surface area contributed by atoms with Gasteiger partial charge in [0.05, 0.1) is 24.5 Å². The van der Waals surface area contributed by atoms with Gasteiger partial charge >= 0.3 is 6.03 Å². The highest BCUT2D eigenvalue weighted by Crippen LogP contribution is 2.40. The van der Waals surface area contributed by atoms with Crippen molar-refractivity contribution in [3.8, 4) is 10.8 Å². The molecule has 3 heterocycles. The van der Waals surface area contributed by atoms with E-state index in [0.717, 1.165) is 10.7 Å². The molecule has 3 aromatic rings. The Morgan fingerprint density at radius 3 is 2.92 bits per heavy atom. The third-order valence-corrected chi connectivity index (χ3v) is 5.23. The van der Waals surface area contributed by atoms with Gasteiger partial charge in [-0.2, -0.15) is 5.10 Å². The minimum Gasteiger partial charge on any atom is -0.332 e. The summed E-state index contributed by atoms with van der Waals surface area (Å²) in [7, 11) is 0. The van der Waals surface area contributed by atoms with Crippen LogP contribution in [0.4, 0.5) is 10.6 Å². The Kier molecular flexibility index (Phi) is 4.61. The second-order valence-corrected chi connectivity index (χ2v) is 7.12. The van der Waals surface area contributed by atoms with Crippen molar-refractivity contribution in [1.29, 1.82) is 0 Å². The number of thiazole rings is 1. The summed E-state index contributed by atoms with van der Waals surface area (Å²) in [5.41, 5.74) is 0.771. The zero-order chi connectivity index (χ0) is 17.9. The van der Waals surface area contributed by atoms with Crippen LogP contribution in [0.3, 0.4) is 0 Å². The van der Waals surface area contributed by atoms with Crippen LogP contribution < -0.4 is 10.6 Å². The number of carbonyl (C=O) groups excluding carboxylic acids is 1. The van der Waals surface area contributed by atoms with Gasteiger partial charge in [0, 0.05) is 23.8 Å². The fourth-order valence-electron chi connectivity index (χ4n) is 2.75. The summed E-state index contributed by atoms with van der Waals surface area (Å²) < 4.78 is 1.88. The number of nitrogens with zero attached hydrogens (tertiary/aromatic N) is 5. The number of hydrogen-bond acceptors (Lipinski definition) is 6. The molecule has 2 amide bonds. The van der Waals surface area contributed by atoms with E-state index in [1.54, 1.807) is 24.7 Å². The molecule has 134 valence electrons. The van der Waals surface area contributed by atoms with Gasteiger partial charge in [-0.15, -0.1) is 11.3 Å². The monoisotopic (exact) mass is 369 g/mol. The van der Waals surface area contributed by atoms with E-state index in [2.05, 4.69) is 37.6 Å². The molecule has 1 fully saturated rings. The largest absolute Gasteiger partial charge is 0.332 e. The third kappa shape index (κ3) is 3.72. The molecule has 0 bridgehead atoms. The summed E-state index contributed by atoms with van der Waals surface area (Å²) in [6, 6.07) is 3.60. The summed E-state index contributed by atoms with van der Waals surface area (Å²) >= 11 is 1.45. The second-order valence-electron chi connectivity index (χ2n) is 6.26. The molecule has 0 spiro atoms. The van der Waals surface area contributed by atoms with Gasteiger partial charge in [0.15, 0.2) is 10.8 Å². The first-order valence-electron chi connectivity index (χ1n) is 8.51. The molecule has 8 nitrogen and oxygen atoms in total. The Morgan fingerprint density at radius 2 is 2.15 bits per heavy atom. The summed E-state index contributed by atoms with van der Waals surface area (Å²) in [5, 5.41) is 12.7. The molecule has 3 aromatic heterocycles. The molecular formula is C17H19N7OS. The van der Waals surface area contributed by atoms with Crippen LogP contribution in [-0.2, 0) is 6.54 Å². The van der Waals surface area contributed by atoms with Crippen LogP contribution in [0, 0.1) is 5.92 Å². The van der Waals surface area contributed by atoms with Gasteiger partial charge in [0.2, 0.25) is 0 Å². The van der Waals surface area contributed by atoms with E-state index in [1.807, 2.05) is 16.1 Å². The Labute approximate surface area is 154 Å². The SMILES string of the molecule is C[C@@H](C1CC1)n1nccc1NC(=O)NCc1csc(-c2ncccn2)n1. The molecule has 0 aromatic carbocycles. The maximum Gasteiger partial charge on any atom is 0.320 e. The van der Waals surface area contributed by atoms with Crippen molar-refractivity contribution in [2.45, 2.75) is 32.4 Å². The number of carbonyl (C=O) groups is 1. The first-order chi connectivity index (χ1) is 12.7. The predicted octanol–water partition coefficient (Wildman–Crippen LogP) is 3.09. The van der Waals surface area contributed by atoms with Crippen LogP contribution in [0.1, 0.15) is 31.5 Å². The smallest absolute Gasteiger partial charge is 0.320 e. The minimum absolute atomic E-state index is 0.278. The van der Waals surface area contributed by atoms with Crippen LogP contribution in [0.2, 0.25) is 0 Å². The standard InChI is InChI=1S/C17H19N7OS/c1-11(12-3-4-12)24-14(5-8-21-24)23-17(25)20-9-13-10-26-16(22-13)15-18-6-2-7-19-15/h2,5-8,10-12H,3-4,9H2,1H3,(H2,20,23,25)/t11-/m0/s1. The lowest BCUT2D eigenvalue weighted by Gasteiger charge is -2.15. The van der Waals surface area contributed by atoms with Crippen molar-refractivity contribution in [3.63, 3.8) is 0 Å². The summed E-state index contributed by atoms with van der Waals surface area (Å²) in [6.07, 6.45) is 7.52. The van der Waals surface area contributed by atoms with Crippen molar-refractivity contribution in [3.05, 3.63) is 41.8 Å². The molecule has 4 rings (SSSR count). The normalized spacial score (nSPS) is 14.8. The molecule has 0 unspecified atom stereocenters. The molecule has 1 aliphatic carbocycles. The maximum atomic E-state index is 12.2. The lowest BCUT2D eigenvalue weighted by Crippen LogP contribution is -2.29. The minimum atomic E-state index is -0.278. The lowest BCUT2D eigenvalue weighted by atomic mass is 10.2. The van der Waals surface area contributed by atoms with Crippen molar-refractivity contribution in [2.75, 3.05) is 5.32 Å². The Balaban J connectivity index is 1.34. The highest BCUT2D eigenvalue weighted by Gasteiger charge is 2.30. The van der Waals surface area contributed by atoms with Crippen LogP contribution in [-0.4, -0.2) is 30.8 Å². The number of aromatic nitrogens is 5. The van der Waals surface area contributed by atoms with Gasteiger partial charge in [-0.1, -0.05) is 0 Å². The number of rotatable bonds is 6. The third-order valence-electron chi connectivity index (χ3n) is 4.34. The Bertz CT molecular complexity index is 887. The zero-order valence-corrected chi connectivity index (χ0v) is 15.1. The fraction of sp³-hybridized carbons (Fsp3) is 0.353. The van der Waals surface area contributed by atoms with Gasteiger partial charge in [-0.05, 0) is 31.7 Å². The molecular weight excluding hydrogens is 350 g/mol. The molecule has 0 aliphatic heterocycles. The topological polar surface area (TPSA) is 97.6 Å². The fourth-order valence-corrected chi connectivity index (χ4v) is 3.51. The molecule has 2 N–H and O–H groups in total. The van der Waals surface area contributed by atoms with Gasteiger partial charge in [-0.3, -0.25) is 5.32 Å². The lowest BCUT2D eigenvalue weighted by molar-refractivity contribution is 0.251. The molecule has 9 heteroatoms. The molecule has 1 aliphatic rings. The van der Waals surface area contributed by atoms with Gasteiger partial charge in [0.1, 0.15) is 5.82 Å². The maximum absolute atomic E-state index is 12.2. The first kappa shape index (κ1) is 16.6. The first-order valence-corrected chi connectivity index (χ1v) is 9.39. The Morgan fingerprint density at radius 1 is 1.35 bits per heavy atom. The number of hydrogen-bond donors (Lipinski definition) is 2. The van der Waals surface area contributed by atoms with E-state index >= 15 is 0 Å². The van der Waals surface area contributed by atoms with Crippen LogP contribution >= 0.6 is 11.3 Å². The van der Waals surface area contributed by atoms with Crippen molar-refractivity contribution < 1.29 is 4.79 Å². The van der Waals surface area contributed by atoms with E-state index in [9.17, 15) is 4.79 Å². The average Bonchev–Trinajstić information content (AvgIpc) is 3.23. The molecule has 0 radical (unpaired) electrons. The van der Waals surface area contributed by atoms with Crippen molar-refractivity contribution >= 4 is 23.2 Å². The van der Waals surface area contributed by atoms with Crippen molar-refractivity contribution in [2.24, 2.45) is 5.92 Å². The molecule has 26 heavy (non-hydrogen) atoms. The molecule has 0 saturated heterocycles. The Hall–Kier alpha value is -2.81. The summed E-state index contributed by atoms with van der Waals surface area (Å²) in [5.74, 6) is 1.96. The quantitative estimate of drug-likeness (QED) is 0.696. The van der Waals surface area contributed by atoms with Crippen LogP contribution in [0.5, 0.6) is 0 Å². The summed E-state index contributed by atoms with van der Waals surface area (Å²) in [6.45, 7) is 2.47. The van der Waals surface area contributed by atoms with Crippen LogP contribution in [0.15, 0.2) is 36.1 Å². The average molecular weight is 369 g/mol. The van der Waals surface area contributed by atoms with E-state index in [0.29, 0.717) is 30.1 Å². The van der Waals surface area contributed by atoms with E-state index in [4.69, 9.17) is 0 Å². The predicted molar refractivity (Wildman–Crippen MR) is 98.7 cm³/mol. The highest BCUT2D eigenvalue weighted by molar-refractivity contribution is 7.13. The second kappa shape index (κ2) is 7.20. The zero-order valence-electron chi connectivity index (χ0n) is 14.3. The number of urea groups is 1. The van der Waals surface area contributed by atoms with Gasteiger partial charge in [0.25, 0.3) is 0 Å². The van der Waals surface area contributed by atoms with E-state index in [-0.39, 0.29) is 6.03 Å². The molecule has 1 saturated carbocycles. The van der Waals surface area contributed by atoms with Gasteiger partial charge in [-0.25, -0.2) is 24.4 Å². The highest BCUT2D eigenvalue weighted by atomic mass is 32.1. The van der Waals surface area contributed by atoms with Crippen LogP contribution in [0.25, 0.3) is 10.8 Å². The molecule has 1 atom stereocenters. The van der Waals surface area contributed by atoms with E-state index < -0.39 is 0 Å².